The number of methoxy groups -OCH3 is 1. The predicted molar refractivity (Wildman–Crippen MR) is 74.8 cm³/mol. The van der Waals surface area contributed by atoms with Crippen LogP contribution < -0.4 is 15.0 Å². The van der Waals surface area contributed by atoms with Crippen molar-refractivity contribution in [3.8, 4) is 5.75 Å². The van der Waals surface area contributed by atoms with E-state index < -0.39 is 0 Å². The van der Waals surface area contributed by atoms with E-state index in [1.54, 1.807) is 31.4 Å². The first-order valence-corrected chi connectivity index (χ1v) is 6.88. The van der Waals surface area contributed by atoms with Crippen molar-refractivity contribution >= 4 is 17.6 Å². The molecule has 106 valence electrons. The number of imide groups is 1. The summed E-state index contributed by atoms with van der Waals surface area (Å²) in [4.78, 5) is 25.9. The lowest BCUT2D eigenvalue weighted by Gasteiger charge is -2.39. The van der Waals surface area contributed by atoms with Gasteiger partial charge in [-0.1, -0.05) is 12.5 Å². The Balaban J connectivity index is 1.90. The first kappa shape index (κ1) is 13.0. The van der Waals surface area contributed by atoms with Gasteiger partial charge >= 0.3 is 6.03 Å². The molecule has 1 aromatic rings. The summed E-state index contributed by atoms with van der Waals surface area (Å²) in [5, 5.41) is 2.88. The zero-order valence-corrected chi connectivity index (χ0v) is 11.5. The quantitative estimate of drug-likeness (QED) is 0.900. The zero-order chi connectivity index (χ0) is 14.2. The van der Waals surface area contributed by atoms with Crippen LogP contribution in [-0.2, 0) is 4.79 Å². The van der Waals surface area contributed by atoms with Crippen molar-refractivity contribution in [2.75, 3.05) is 18.6 Å². The smallest absolute Gasteiger partial charge is 0.328 e. The fourth-order valence-corrected chi connectivity index (χ4v) is 2.96. The lowest BCUT2D eigenvalue weighted by molar-refractivity contribution is -0.120. The molecule has 1 saturated heterocycles. The van der Waals surface area contributed by atoms with Crippen molar-refractivity contribution in [1.29, 1.82) is 0 Å². The third-order valence-corrected chi connectivity index (χ3v) is 4.32. The van der Waals surface area contributed by atoms with Gasteiger partial charge in [0.25, 0.3) is 0 Å². The summed E-state index contributed by atoms with van der Waals surface area (Å²) in [6.45, 7) is 0.595. The molecule has 1 saturated carbocycles. The van der Waals surface area contributed by atoms with Crippen molar-refractivity contribution in [1.82, 2.24) is 5.32 Å². The molecule has 1 aliphatic heterocycles. The van der Waals surface area contributed by atoms with Crippen LogP contribution in [0.4, 0.5) is 10.5 Å². The molecule has 0 atom stereocenters. The molecule has 0 unspecified atom stereocenters. The second-order valence-electron chi connectivity index (χ2n) is 5.62. The first-order valence-electron chi connectivity index (χ1n) is 6.88. The molecule has 0 radical (unpaired) electrons. The van der Waals surface area contributed by atoms with Gasteiger partial charge in [-0.25, -0.2) is 9.69 Å². The molecule has 1 aromatic carbocycles. The van der Waals surface area contributed by atoms with E-state index in [1.165, 1.54) is 4.90 Å². The topological polar surface area (TPSA) is 58.6 Å². The number of anilines is 1. The van der Waals surface area contributed by atoms with Crippen molar-refractivity contribution in [3.63, 3.8) is 0 Å². The minimum absolute atomic E-state index is 0.0135. The van der Waals surface area contributed by atoms with Gasteiger partial charge in [0.2, 0.25) is 5.91 Å². The second kappa shape index (κ2) is 4.81. The van der Waals surface area contributed by atoms with Crippen molar-refractivity contribution in [3.05, 3.63) is 24.3 Å². The molecule has 1 spiro atoms. The number of benzene rings is 1. The molecule has 2 fully saturated rings. The highest BCUT2D eigenvalue weighted by Crippen LogP contribution is 2.45. The molecule has 1 heterocycles. The van der Waals surface area contributed by atoms with Crippen LogP contribution in [0.1, 0.15) is 25.7 Å². The van der Waals surface area contributed by atoms with Crippen LogP contribution in [0, 0.1) is 5.41 Å². The molecule has 2 aliphatic rings. The first-order chi connectivity index (χ1) is 9.63. The fourth-order valence-electron chi connectivity index (χ4n) is 2.96. The largest absolute Gasteiger partial charge is 0.497 e. The Labute approximate surface area is 117 Å². The number of urea groups is 1. The van der Waals surface area contributed by atoms with Crippen LogP contribution in [0.5, 0.6) is 5.75 Å². The molecule has 1 aliphatic carbocycles. The third-order valence-electron chi connectivity index (χ3n) is 4.32. The van der Waals surface area contributed by atoms with Gasteiger partial charge in [-0.15, -0.1) is 0 Å². The highest BCUT2D eigenvalue weighted by molar-refractivity contribution is 6.15. The van der Waals surface area contributed by atoms with E-state index in [-0.39, 0.29) is 17.4 Å². The van der Waals surface area contributed by atoms with Crippen LogP contribution in [-0.4, -0.2) is 25.6 Å². The molecule has 3 amide bonds. The average Bonchev–Trinajstić information content (AvgIpc) is 2.55. The highest BCUT2D eigenvalue weighted by Gasteiger charge is 2.44. The van der Waals surface area contributed by atoms with Gasteiger partial charge in [0.1, 0.15) is 5.75 Å². The molecular weight excluding hydrogens is 256 g/mol. The van der Waals surface area contributed by atoms with Gasteiger partial charge in [0.05, 0.1) is 12.8 Å². The van der Waals surface area contributed by atoms with Crippen molar-refractivity contribution in [2.45, 2.75) is 25.7 Å². The van der Waals surface area contributed by atoms with Crippen LogP contribution in [0.15, 0.2) is 24.3 Å². The van der Waals surface area contributed by atoms with Crippen molar-refractivity contribution < 1.29 is 14.3 Å². The molecule has 20 heavy (non-hydrogen) atoms. The Bertz CT molecular complexity index is 552. The SMILES string of the molecule is COc1cccc(N2C(=O)CC3(CCC3)CNC2=O)c1. The Kier molecular flexibility index (Phi) is 3.12. The molecule has 1 N–H and O–H groups in total. The molecule has 0 aromatic heterocycles. The average molecular weight is 274 g/mol. The maximum absolute atomic E-state index is 12.5. The Morgan fingerprint density at radius 2 is 2.10 bits per heavy atom. The van der Waals surface area contributed by atoms with E-state index >= 15 is 0 Å². The van der Waals surface area contributed by atoms with Crippen LogP contribution in [0.25, 0.3) is 0 Å². The summed E-state index contributed by atoms with van der Waals surface area (Å²) in [6.07, 6.45) is 3.61. The summed E-state index contributed by atoms with van der Waals surface area (Å²) in [5.41, 5.74) is 0.545. The van der Waals surface area contributed by atoms with Gasteiger partial charge in [-0.05, 0) is 30.4 Å². The summed E-state index contributed by atoms with van der Waals surface area (Å²) < 4.78 is 5.15. The maximum Gasteiger partial charge on any atom is 0.328 e. The molecular formula is C15H18N2O3. The number of ether oxygens (including phenoxy) is 1. The van der Waals surface area contributed by atoms with Gasteiger partial charge in [-0.3, -0.25) is 4.79 Å². The standard InChI is InChI=1S/C15H18N2O3/c1-20-12-5-2-4-11(8-12)17-13(18)9-15(6-3-7-15)10-16-14(17)19/h2,4-5,8H,3,6-7,9-10H2,1H3,(H,16,19). The number of amides is 3. The van der Waals surface area contributed by atoms with E-state index in [1.807, 2.05) is 0 Å². The van der Waals surface area contributed by atoms with Gasteiger partial charge in [0, 0.05) is 19.0 Å². The number of nitrogens with one attached hydrogen (secondary N) is 1. The zero-order valence-electron chi connectivity index (χ0n) is 11.5. The van der Waals surface area contributed by atoms with E-state index in [9.17, 15) is 9.59 Å². The Hall–Kier alpha value is -2.04. The normalized spacial score (nSPS) is 21.1. The lowest BCUT2D eigenvalue weighted by atomic mass is 9.66. The predicted octanol–water partition coefficient (Wildman–Crippen LogP) is 2.31. The number of hydrogen-bond donors (Lipinski definition) is 1. The van der Waals surface area contributed by atoms with Crippen LogP contribution in [0.2, 0.25) is 0 Å². The number of rotatable bonds is 2. The number of hydrogen-bond acceptors (Lipinski definition) is 3. The van der Waals surface area contributed by atoms with Gasteiger partial charge in [-0.2, -0.15) is 0 Å². The number of nitrogens with zero attached hydrogens (tertiary/aromatic N) is 1. The van der Waals surface area contributed by atoms with Crippen molar-refractivity contribution in [2.24, 2.45) is 5.41 Å². The molecule has 5 nitrogen and oxygen atoms in total. The number of carbonyl (C=O) groups is 2. The molecule has 0 bridgehead atoms. The third kappa shape index (κ3) is 2.13. The van der Waals surface area contributed by atoms with Crippen LogP contribution >= 0.6 is 0 Å². The molecule has 3 rings (SSSR count). The van der Waals surface area contributed by atoms with E-state index in [0.717, 1.165) is 19.3 Å². The minimum Gasteiger partial charge on any atom is -0.497 e. The van der Waals surface area contributed by atoms with Gasteiger partial charge < -0.3 is 10.1 Å². The summed E-state index contributed by atoms with van der Waals surface area (Å²) in [5.74, 6) is 0.499. The summed E-state index contributed by atoms with van der Waals surface area (Å²) in [7, 11) is 1.56. The summed E-state index contributed by atoms with van der Waals surface area (Å²) in [6, 6.07) is 6.68. The van der Waals surface area contributed by atoms with E-state index in [0.29, 0.717) is 24.4 Å². The molecule has 5 heteroatoms. The monoisotopic (exact) mass is 274 g/mol. The minimum atomic E-state index is -0.341. The fraction of sp³-hybridized carbons (Fsp3) is 0.467. The lowest BCUT2D eigenvalue weighted by Crippen LogP contribution is -2.42. The second-order valence-corrected chi connectivity index (χ2v) is 5.62. The number of carbonyl (C=O) groups excluding carboxylic acids is 2. The van der Waals surface area contributed by atoms with Crippen LogP contribution in [0.3, 0.4) is 0 Å². The van der Waals surface area contributed by atoms with E-state index in [4.69, 9.17) is 4.74 Å². The van der Waals surface area contributed by atoms with Gasteiger partial charge in [0.15, 0.2) is 0 Å². The Morgan fingerprint density at radius 3 is 2.75 bits per heavy atom. The van der Waals surface area contributed by atoms with E-state index in [2.05, 4.69) is 5.32 Å². The Morgan fingerprint density at radius 1 is 1.30 bits per heavy atom. The maximum atomic E-state index is 12.5. The summed E-state index contributed by atoms with van der Waals surface area (Å²) >= 11 is 0. The highest BCUT2D eigenvalue weighted by atomic mass is 16.5.